The summed E-state index contributed by atoms with van der Waals surface area (Å²) in [4.78, 5) is 25.0. The van der Waals surface area contributed by atoms with Gasteiger partial charge in [-0.15, -0.1) is 11.3 Å². The first kappa shape index (κ1) is 16.9. The SMILES string of the molecule is Cc1ccsc1CNC(=O)CNC(=O)c1cc(-c2ccccc2)on1. The number of thiophene rings is 1. The van der Waals surface area contributed by atoms with E-state index in [1.54, 1.807) is 17.4 Å². The van der Waals surface area contributed by atoms with Crippen molar-refractivity contribution in [2.75, 3.05) is 6.54 Å². The van der Waals surface area contributed by atoms with E-state index in [-0.39, 0.29) is 18.1 Å². The molecule has 2 N–H and O–H groups in total. The van der Waals surface area contributed by atoms with Gasteiger partial charge < -0.3 is 15.2 Å². The largest absolute Gasteiger partial charge is 0.355 e. The molecule has 0 unspecified atom stereocenters. The predicted molar refractivity (Wildman–Crippen MR) is 95.2 cm³/mol. The number of amides is 2. The fraction of sp³-hybridized carbons (Fsp3) is 0.167. The van der Waals surface area contributed by atoms with Crippen molar-refractivity contribution >= 4 is 23.2 Å². The summed E-state index contributed by atoms with van der Waals surface area (Å²) >= 11 is 1.59. The molecule has 0 spiro atoms. The lowest BCUT2D eigenvalue weighted by molar-refractivity contribution is -0.120. The van der Waals surface area contributed by atoms with Crippen molar-refractivity contribution in [1.29, 1.82) is 0 Å². The van der Waals surface area contributed by atoms with Gasteiger partial charge in [-0.25, -0.2) is 0 Å². The smallest absolute Gasteiger partial charge is 0.273 e. The average Bonchev–Trinajstić information content (AvgIpc) is 3.28. The lowest BCUT2D eigenvalue weighted by Crippen LogP contribution is -2.36. The Morgan fingerprint density at radius 2 is 1.96 bits per heavy atom. The van der Waals surface area contributed by atoms with Crippen molar-refractivity contribution in [2.24, 2.45) is 0 Å². The molecule has 0 atom stereocenters. The zero-order valence-electron chi connectivity index (χ0n) is 13.6. The molecule has 7 heteroatoms. The standard InChI is InChI=1S/C18H17N3O3S/c1-12-7-8-25-16(12)10-19-17(22)11-20-18(23)14-9-15(24-21-14)13-5-3-2-4-6-13/h2-9H,10-11H2,1H3,(H,19,22)(H,20,23). The molecule has 3 rings (SSSR count). The van der Waals surface area contributed by atoms with Crippen molar-refractivity contribution in [1.82, 2.24) is 15.8 Å². The third kappa shape index (κ3) is 4.33. The second kappa shape index (κ2) is 7.76. The molecule has 0 saturated heterocycles. The monoisotopic (exact) mass is 355 g/mol. The Morgan fingerprint density at radius 1 is 1.16 bits per heavy atom. The highest BCUT2D eigenvalue weighted by molar-refractivity contribution is 7.10. The third-order valence-corrected chi connectivity index (χ3v) is 4.65. The zero-order valence-corrected chi connectivity index (χ0v) is 14.4. The summed E-state index contributed by atoms with van der Waals surface area (Å²) in [6, 6.07) is 12.9. The minimum atomic E-state index is -0.451. The predicted octanol–water partition coefficient (Wildman–Crippen LogP) is 2.76. The van der Waals surface area contributed by atoms with Crippen LogP contribution in [0.3, 0.4) is 0 Å². The molecule has 25 heavy (non-hydrogen) atoms. The Labute approximate surface area is 148 Å². The van der Waals surface area contributed by atoms with E-state index < -0.39 is 5.91 Å². The van der Waals surface area contributed by atoms with Gasteiger partial charge in [0, 0.05) is 16.5 Å². The Bertz CT molecular complexity index is 871. The topological polar surface area (TPSA) is 84.2 Å². The normalized spacial score (nSPS) is 10.4. The van der Waals surface area contributed by atoms with E-state index in [0.717, 1.165) is 16.0 Å². The molecule has 0 radical (unpaired) electrons. The van der Waals surface area contributed by atoms with Crippen LogP contribution in [-0.2, 0) is 11.3 Å². The second-order valence-electron chi connectivity index (χ2n) is 5.43. The lowest BCUT2D eigenvalue weighted by atomic mass is 10.1. The van der Waals surface area contributed by atoms with Crippen molar-refractivity contribution in [3.05, 3.63) is 64.0 Å². The van der Waals surface area contributed by atoms with Gasteiger partial charge in [-0.2, -0.15) is 0 Å². The van der Waals surface area contributed by atoms with E-state index in [4.69, 9.17) is 4.52 Å². The number of nitrogens with one attached hydrogen (secondary N) is 2. The van der Waals surface area contributed by atoms with Crippen LogP contribution in [-0.4, -0.2) is 23.5 Å². The number of carbonyl (C=O) groups excluding carboxylic acids is 2. The first-order valence-corrected chi connectivity index (χ1v) is 8.61. The second-order valence-corrected chi connectivity index (χ2v) is 6.43. The maximum atomic E-state index is 12.1. The summed E-state index contributed by atoms with van der Waals surface area (Å²) in [5.74, 6) is -0.204. The molecule has 128 valence electrons. The quantitative estimate of drug-likeness (QED) is 0.712. The Balaban J connectivity index is 1.50. The molecule has 0 fully saturated rings. The van der Waals surface area contributed by atoms with Gasteiger partial charge in [0.15, 0.2) is 11.5 Å². The van der Waals surface area contributed by atoms with Crippen LogP contribution in [0.5, 0.6) is 0 Å². The lowest BCUT2D eigenvalue weighted by Gasteiger charge is -2.05. The molecule has 1 aromatic carbocycles. The molecule has 0 saturated carbocycles. The number of rotatable bonds is 6. The summed E-state index contributed by atoms with van der Waals surface area (Å²) in [6.07, 6.45) is 0. The van der Waals surface area contributed by atoms with Gasteiger partial charge in [0.2, 0.25) is 5.91 Å². The van der Waals surface area contributed by atoms with Crippen LogP contribution in [0.25, 0.3) is 11.3 Å². The highest BCUT2D eigenvalue weighted by atomic mass is 32.1. The summed E-state index contributed by atoms with van der Waals surface area (Å²) in [6.45, 7) is 2.34. The molecule has 0 aliphatic heterocycles. The molecule has 0 aliphatic carbocycles. The Hall–Kier alpha value is -2.93. The van der Waals surface area contributed by atoms with Crippen molar-refractivity contribution in [3.8, 4) is 11.3 Å². The van der Waals surface area contributed by atoms with Gasteiger partial charge in [-0.1, -0.05) is 35.5 Å². The fourth-order valence-electron chi connectivity index (χ4n) is 2.20. The number of aromatic nitrogens is 1. The van der Waals surface area contributed by atoms with Crippen LogP contribution >= 0.6 is 11.3 Å². The molecule has 2 heterocycles. The van der Waals surface area contributed by atoms with Crippen molar-refractivity contribution in [3.63, 3.8) is 0 Å². The molecule has 0 aliphatic rings. The van der Waals surface area contributed by atoms with E-state index in [2.05, 4.69) is 15.8 Å². The van der Waals surface area contributed by atoms with Crippen LogP contribution in [0.1, 0.15) is 20.9 Å². The van der Waals surface area contributed by atoms with E-state index in [1.165, 1.54) is 0 Å². The highest BCUT2D eigenvalue weighted by Gasteiger charge is 2.14. The van der Waals surface area contributed by atoms with E-state index in [1.807, 2.05) is 48.7 Å². The van der Waals surface area contributed by atoms with Crippen molar-refractivity contribution < 1.29 is 14.1 Å². The van der Waals surface area contributed by atoms with Crippen LogP contribution in [0, 0.1) is 6.92 Å². The van der Waals surface area contributed by atoms with Gasteiger partial charge in [-0.3, -0.25) is 9.59 Å². The third-order valence-electron chi connectivity index (χ3n) is 3.62. The zero-order chi connectivity index (χ0) is 17.6. The maximum absolute atomic E-state index is 12.1. The van der Waals surface area contributed by atoms with Gasteiger partial charge in [0.25, 0.3) is 5.91 Å². The molecule has 2 aromatic heterocycles. The number of benzene rings is 1. The molecule has 2 amide bonds. The number of hydrogen-bond acceptors (Lipinski definition) is 5. The molecule has 6 nitrogen and oxygen atoms in total. The summed E-state index contributed by atoms with van der Waals surface area (Å²) in [5.41, 5.74) is 2.12. The van der Waals surface area contributed by atoms with Gasteiger partial charge in [0.05, 0.1) is 13.1 Å². The summed E-state index contributed by atoms with van der Waals surface area (Å²) in [5, 5.41) is 11.0. The first-order chi connectivity index (χ1) is 12.1. The van der Waals surface area contributed by atoms with E-state index in [9.17, 15) is 9.59 Å². The van der Waals surface area contributed by atoms with Gasteiger partial charge in [0.1, 0.15) is 0 Å². The maximum Gasteiger partial charge on any atom is 0.273 e. The van der Waals surface area contributed by atoms with E-state index in [0.29, 0.717) is 12.3 Å². The summed E-state index contributed by atoms with van der Waals surface area (Å²) < 4.78 is 5.18. The Kier molecular flexibility index (Phi) is 5.25. The minimum Gasteiger partial charge on any atom is -0.355 e. The summed E-state index contributed by atoms with van der Waals surface area (Å²) in [7, 11) is 0. The highest BCUT2D eigenvalue weighted by Crippen LogP contribution is 2.19. The van der Waals surface area contributed by atoms with Gasteiger partial charge in [-0.05, 0) is 23.9 Å². The average molecular weight is 355 g/mol. The molecular formula is C18H17N3O3S. The minimum absolute atomic E-state index is 0.114. The molecule has 3 aromatic rings. The van der Waals surface area contributed by atoms with Crippen LogP contribution < -0.4 is 10.6 Å². The number of hydrogen-bond donors (Lipinski definition) is 2. The number of carbonyl (C=O) groups is 2. The van der Waals surface area contributed by atoms with Crippen LogP contribution in [0.4, 0.5) is 0 Å². The number of nitrogens with zero attached hydrogens (tertiary/aromatic N) is 1. The fourth-order valence-corrected chi connectivity index (χ4v) is 3.04. The van der Waals surface area contributed by atoms with Crippen molar-refractivity contribution in [2.45, 2.75) is 13.5 Å². The van der Waals surface area contributed by atoms with Crippen LogP contribution in [0.15, 0.2) is 52.4 Å². The molecule has 0 bridgehead atoms. The molecular weight excluding hydrogens is 338 g/mol. The van der Waals surface area contributed by atoms with E-state index >= 15 is 0 Å². The number of aryl methyl sites for hydroxylation is 1. The van der Waals surface area contributed by atoms with Gasteiger partial charge >= 0.3 is 0 Å². The van der Waals surface area contributed by atoms with Crippen LogP contribution in [0.2, 0.25) is 0 Å². The first-order valence-electron chi connectivity index (χ1n) is 7.73. The Morgan fingerprint density at radius 3 is 2.68 bits per heavy atom.